The molecule has 1 atom stereocenters. The smallest absolute Gasteiger partial charge is 0.137 e. The minimum Gasteiger partial charge on any atom is -0.459 e. The van der Waals surface area contributed by atoms with Gasteiger partial charge in [-0.15, -0.1) is 0 Å². The maximum absolute atomic E-state index is 14.1. The zero-order valence-electron chi connectivity index (χ0n) is 11.8. The van der Waals surface area contributed by atoms with E-state index >= 15 is 0 Å². The normalized spacial score (nSPS) is 12.8. The highest BCUT2D eigenvalue weighted by Crippen LogP contribution is 2.31. The van der Waals surface area contributed by atoms with E-state index in [2.05, 4.69) is 21.2 Å². The molecule has 0 saturated heterocycles. The summed E-state index contributed by atoms with van der Waals surface area (Å²) in [5.41, 5.74) is 2.48. The van der Waals surface area contributed by atoms with Crippen molar-refractivity contribution in [2.75, 3.05) is 7.05 Å². The second kappa shape index (κ2) is 5.62. The molecule has 2 aromatic carbocycles. The SMILES string of the molecule is CNC(c1cc2cccc(C)c2o1)c1cc(Br)ccc1F. The van der Waals surface area contributed by atoms with Crippen LogP contribution in [0, 0.1) is 12.7 Å². The molecule has 21 heavy (non-hydrogen) atoms. The Morgan fingerprint density at radius 2 is 2.00 bits per heavy atom. The van der Waals surface area contributed by atoms with E-state index in [9.17, 15) is 4.39 Å². The number of hydrogen-bond acceptors (Lipinski definition) is 2. The lowest BCUT2D eigenvalue weighted by Gasteiger charge is -2.15. The minimum atomic E-state index is -0.325. The molecule has 4 heteroatoms. The summed E-state index contributed by atoms with van der Waals surface area (Å²) in [6, 6.07) is 12.6. The van der Waals surface area contributed by atoms with Crippen molar-refractivity contribution < 1.29 is 8.81 Å². The topological polar surface area (TPSA) is 25.2 Å². The van der Waals surface area contributed by atoms with E-state index in [-0.39, 0.29) is 11.9 Å². The third kappa shape index (κ3) is 2.61. The molecule has 0 spiro atoms. The zero-order chi connectivity index (χ0) is 15.0. The Morgan fingerprint density at radius 1 is 1.19 bits per heavy atom. The van der Waals surface area contributed by atoms with Gasteiger partial charge in [-0.05, 0) is 43.8 Å². The first kappa shape index (κ1) is 14.3. The molecule has 1 unspecified atom stereocenters. The molecular weight excluding hydrogens is 333 g/mol. The lowest BCUT2D eigenvalue weighted by atomic mass is 10.0. The fourth-order valence-corrected chi connectivity index (χ4v) is 2.94. The molecule has 0 radical (unpaired) electrons. The Morgan fingerprint density at radius 3 is 2.71 bits per heavy atom. The molecule has 1 N–H and O–H groups in total. The van der Waals surface area contributed by atoms with Gasteiger partial charge in [0.2, 0.25) is 0 Å². The Labute approximate surface area is 131 Å². The number of hydrogen-bond donors (Lipinski definition) is 1. The summed E-state index contributed by atoms with van der Waals surface area (Å²) in [5.74, 6) is 0.452. The molecule has 0 fully saturated rings. The van der Waals surface area contributed by atoms with Gasteiger partial charge in [0.15, 0.2) is 0 Å². The summed E-state index contributed by atoms with van der Waals surface area (Å²) in [6.45, 7) is 2.00. The van der Waals surface area contributed by atoms with Crippen LogP contribution in [-0.4, -0.2) is 7.05 Å². The van der Waals surface area contributed by atoms with E-state index in [0.29, 0.717) is 11.3 Å². The summed E-state index contributed by atoms with van der Waals surface area (Å²) in [6.07, 6.45) is 0. The van der Waals surface area contributed by atoms with Crippen molar-refractivity contribution in [2.24, 2.45) is 0 Å². The molecule has 3 rings (SSSR count). The van der Waals surface area contributed by atoms with Gasteiger partial charge in [0.25, 0.3) is 0 Å². The fraction of sp³-hybridized carbons (Fsp3) is 0.176. The van der Waals surface area contributed by atoms with Gasteiger partial charge in [0.05, 0.1) is 6.04 Å². The quantitative estimate of drug-likeness (QED) is 0.724. The van der Waals surface area contributed by atoms with Crippen molar-refractivity contribution in [3.8, 4) is 0 Å². The van der Waals surface area contributed by atoms with Crippen LogP contribution in [0.1, 0.15) is 22.9 Å². The molecule has 0 aliphatic rings. The molecule has 1 heterocycles. The summed E-state index contributed by atoms with van der Waals surface area (Å²) < 4.78 is 20.9. The maximum Gasteiger partial charge on any atom is 0.137 e. The van der Waals surface area contributed by atoms with Gasteiger partial charge in [-0.25, -0.2) is 4.39 Å². The molecule has 0 saturated carbocycles. The second-order valence-corrected chi connectivity index (χ2v) is 5.95. The molecule has 0 aliphatic heterocycles. The van der Waals surface area contributed by atoms with Crippen molar-refractivity contribution >= 4 is 26.9 Å². The highest BCUT2D eigenvalue weighted by molar-refractivity contribution is 9.10. The van der Waals surface area contributed by atoms with Gasteiger partial charge in [-0.1, -0.05) is 34.1 Å². The summed E-state index contributed by atoms with van der Waals surface area (Å²) in [5, 5.41) is 4.16. The van der Waals surface area contributed by atoms with Crippen molar-refractivity contribution in [3.63, 3.8) is 0 Å². The number of halogens is 2. The standard InChI is InChI=1S/C17H15BrFNO/c1-10-4-3-5-11-8-15(21-17(10)11)16(20-2)13-9-12(18)6-7-14(13)19/h3-9,16,20H,1-2H3. The minimum absolute atomic E-state index is 0.255. The largest absolute Gasteiger partial charge is 0.459 e. The predicted molar refractivity (Wildman–Crippen MR) is 86.0 cm³/mol. The fourth-order valence-electron chi connectivity index (χ4n) is 2.56. The Balaban J connectivity index is 2.13. The van der Waals surface area contributed by atoms with Crippen molar-refractivity contribution in [1.82, 2.24) is 5.32 Å². The first-order valence-electron chi connectivity index (χ1n) is 6.71. The zero-order valence-corrected chi connectivity index (χ0v) is 13.4. The number of para-hydroxylation sites is 1. The van der Waals surface area contributed by atoms with E-state index in [0.717, 1.165) is 21.0 Å². The second-order valence-electron chi connectivity index (χ2n) is 5.03. The van der Waals surface area contributed by atoms with Gasteiger partial charge in [0, 0.05) is 15.4 Å². The third-order valence-electron chi connectivity index (χ3n) is 3.60. The monoisotopic (exact) mass is 347 g/mol. The van der Waals surface area contributed by atoms with Crippen LogP contribution in [0.4, 0.5) is 4.39 Å². The molecule has 1 aromatic heterocycles. The van der Waals surface area contributed by atoms with Crippen LogP contribution in [0.2, 0.25) is 0 Å². The van der Waals surface area contributed by atoms with E-state index < -0.39 is 0 Å². The average molecular weight is 348 g/mol. The Kier molecular flexibility index (Phi) is 3.83. The van der Waals surface area contributed by atoms with E-state index in [1.807, 2.05) is 31.2 Å². The molecule has 0 bridgehead atoms. The lowest BCUT2D eigenvalue weighted by molar-refractivity contribution is 0.475. The number of nitrogens with one attached hydrogen (secondary N) is 1. The number of benzene rings is 2. The molecule has 108 valence electrons. The summed E-state index contributed by atoms with van der Waals surface area (Å²) in [7, 11) is 1.80. The third-order valence-corrected chi connectivity index (χ3v) is 4.10. The summed E-state index contributed by atoms with van der Waals surface area (Å²) in [4.78, 5) is 0. The van der Waals surface area contributed by atoms with Crippen LogP contribution < -0.4 is 5.32 Å². The van der Waals surface area contributed by atoms with Crippen molar-refractivity contribution in [1.29, 1.82) is 0 Å². The molecular formula is C17H15BrFNO. The van der Waals surface area contributed by atoms with Gasteiger partial charge < -0.3 is 9.73 Å². The van der Waals surface area contributed by atoms with Gasteiger partial charge in [0.1, 0.15) is 17.2 Å². The van der Waals surface area contributed by atoms with Crippen LogP contribution in [0.3, 0.4) is 0 Å². The predicted octanol–water partition coefficient (Wildman–Crippen LogP) is 4.95. The maximum atomic E-state index is 14.1. The molecule has 0 amide bonds. The first-order chi connectivity index (χ1) is 10.1. The van der Waals surface area contributed by atoms with E-state index in [1.165, 1.54) is 6.07 Å². The number of furan rings is 1. The van der Waals surface area contributed by atoms with Crippen LogP contribution in [-0.2, 0) is 0 Å². The average Bonchev–Trinajstić information content (AvgIpc) is 2.89. The van der Waals surface area contributed by atoms with Gasteiger partial charge in [-0.3, -0.25) is 0 Å². The lowest BCUT2D eigenvalue weighted by Crippen LogP contribution is -2.18. The Hall–Kier alpha value is -1.65. The van der Waals surface area contributed by atoms with Gasteiger partial charge in [-0.2, -0.15) is 0 Å². The Bertz CT molecular complexity index is 797. The highest BCUT2D eigenvalue weighted by Gasteiger charge is 2.20. The molecule has 2 nitrogen and oxygen atoms in total. The number of fused-ring (bicyclic) bond motifs is 1. The highest BCUT2D eigenvalue weighted by atomic mass is 79.9. The van der Waals surface area contributed by atoms with Crippen LogP contribution in [0.25, 0.3) is 11.0 Å². The van der Waals surface area contributed by atoms with Crippen LogP contribution in [0.15, 0.2) is 51.4 Å². The number of aryl methyl sites for hydroxylation is 1. The van der Waals surface area contributed by atoms with Crippen LogP contribution >= 0.6 is 15.9 Å². The van der Waals surface area contributed by atoms with E-state index in [4.69, 9.17) is 4.42 Å². The molecule has 3 aromatic rings. The number of rotatable bonds is 3. The van der Waals surface area contributed by atoms with Crippen LogP contribution in [0.5, 0.6) is 0 Å². The van der Waals surface area contributed by atoms with Crippen molar-refractivity contribution in [3.05, 3.63) is 69.6 Å². The summed E-state index contributed by atoms with van der Waals surface area (Å²) >= 11 is 3.39. The van der Waals surface area contributed by atoms with Gasteiger partial charge >= 0.3 is 0 Å². The first-order valence-corrected chi connectivity index (χ1v) is 7.50. The van der Waals surface area contributed by atoms with Crippen molar-refractivity contribution in [2.45, 2.75) is 13.0 Å². The van der Waals surface area contributed by atoms with E-state index in [1.54, 1.807) is 19.2 Å². The molecule has 0 aliphatic carbocycles.